The molecule has 7 rings (SSSR count). The zero-order valence-electron chi connectivity index (χ0n) is 27.1. The summed E-state index contributed by atoms with van der Waals surface area (Å²) in [7, 11) is 3.66. The zero-order valence-corrected chi connectivity index (χ0v) is 27.9. The molecule has 11 nitrogen and oxygen atoms in total. The zero-order chi connectivity index (χ0) is 32.2. The minimum Gasteiger partial charge on any atom is -0.497 e. The second-order valence-corrected chi connectivity index (χ2v) is 12.9. The van der Waals surface area contributed by atoms with E-state index in [9.17, 15) is 0 Å². The number of rotatable bonds is 11. The topological polar surface area (TPSA) is 102 Å². The van der Waals surface area contributed by atoms with Crippen LogP contribution < -0.4 is 20.3 Å². The monoisotopic (exact) mass is 654 g/mol. The first kappa shape index (κ1) is 31.3. The van der Waals surface area contributed by atoms with Crippen molar-refractivity contribution in [3.63, 3.8) is 0 Å². The van der Waals surface area contributed by atoms with E-state index in [4.69, 9.17) is 21.3 Å². The molecule has 0 atom stereocenters. The Labute approximate surface area is 280 Å². The number of nitrogens with zero attached hydrogens (tertiary/aromatic N) is 7. The number of pyridine rings is 1. The molecule has 2 fully saturated rings. The number of ether oxygens (including phenoxy) is 1. The number of nitrogens with one attached hydrogen (secondary N) is 3. The molecule has 2 aromatic carbocycles. The van der Waals surface area contributed by atoms with Gasteiger partial charge >= 0.3 is 0 Å². The number of aromatic nitrogens is 5. The SMILES string of the molecule is COc1ccc(CN2CCC(Nc3c(Cl)cnc4[nH]c(-c5ccc(N6CCN(CCNc7ccnn7C)CC6)cc5)nc34)CC2)cc1. The Morgan fingerprint density at radius 3 is 2.40 bits per heavy atom. The van der Waals surface area contributed by atoms with Crippen molar-refractivity contribution in [3.8, 4) is 17.1 Å². The van der Waals surface area contributed by atoms with Gasteiger partial charge in [0.05, 0.1) is 30.2 Å². The standard InChI is InChI=1S/C35H43ClN10O/c1-43-31(11-14-39-43)37-15-18-44-19-21-46(22-20-44)28-7-5-26(6-8-28)34-41-33-32(30(36)23-38-35(33)42-34)40-27-12-16-45(17-13-27)24-25-3-9-29(47-2)10-4-25/h3-11,14,23,27,37H,12-13,15-22,24H2,1-2H3,(H2,38,40,41,42). The lowest BCUT2D eigenvalue weighted by molar-refractivity contribution is 0.211. The van der Waals surface area contributed by atoms with Crippen LogP contribution in [-0.2, 0) is 13.6 Å². The van der Waals surface area contributed by atoms with Crippen LogP contribution in [0.15, 0.2) is 67.0 Å². The highest BCUT2D eigenvalue weighted by molar-refractivity contribution is 6.34. The van der Waals surface area contributed by atoms with E-state index in [0.29, 0.717) is 11.1 Å². The van der Waals surface area contributed by atoms with Crippen LogP contribution in [0.4, 0.5) is 17.2 Å². The van der Waals surface area contributed by atoms with Crippen molar-refractivity contribution in [2.45, 2.75) is 25.4 Å². The second-order valence-electron chi connectivity index (χ2n) is 12.4. The van der Waals surface area contributed by atoms with Gasteiger partial charge in [-0.1, -0.05) is 23.7 Å². The van der Waals surface area contributed by atoms with Crippen LogP contribution in [0, 0.1) is 0 Å². The molecule has 0 unspecified atom stereocenters. The Balaban J connectivity index is 0.934. The predicted molar refractivity (Wildman–Crippen MR) is 190 cm³/mol. The predicted octanol–water partition coefficient (Wildman–Crippen LogP) is 5.33. The van der Waals surface area contributed by atoms with E-state index in [1.54, 1.807) is 13.3 Å². The molecule has 0 amide bonds. The Morgan fingerprint density at radius 2 is 1.70 bits per heavy atom. The highest BCUT2D eigenvalue weighted by atomic mass is 35.5. The molecule has 47 heavy (non-hydrogen) atoms. The Kier molecular flexibility index (Phi) is 9.46. The van der Waals surface area contributed by atoms with E-state index in [1.165, 1.54) is 11.3 Å². The summed E-state index contributed by atoms with van der Waals surface area (Å²) in [4.78, 5) is 20.4. The molecule has 0 aliphatic carbocycles. The van der Waals surface area contributed by atoms with Crippen LogP contribution in [0.5, 0.6) is 5.75 Å². The number of piperidine rings is 1. The molecular formula is C35H43ClN10O. The van der Waals surface area contributed by atoms with E-state index < -0.39 is 0 Å². The minimum absolute atomic E-state index is 0.322. The Hall–Kier alpha value is -4.32. The van der Waals surface area contributed by atoms with Gasteiger partial charge in [-0.25, -0.2) is 9.97 Å². The molecule has 3 aromatic heterocycles. The summed E-state index contributed by atoms with van der Waals surface area (Å²) >= 11 is 6.70. The van der Waals surface area contributed by atoms with Gasteiger partial charge in [0.1, 0.15) is 22.9 Å². The molecule has 2 aliphatic heterocycles. The number of aromatic amines is 1. The number of fused-ring (bicyclic) bond motifs is 1. The highest BCUT2D eigenvalue weighted by Gasteiger charge is 2.23. The number of hydrogen-bond acceptors (Lipinski definition) is 9. The third-order valence-electron chi connectivity index (χ3n) is 9.40. The van der Waals surface area contributed by atoms with Crippen LogP contribution in [0.3, 0.4) is 0 Å². The summed E-state index contributed by atoms with van der Waals surface area (Å²) in [6.07, 6.45) is 5.60. The third kappa shape index (κ3) is 7.32. The van der Waals surface area contributed by atoms with Crippen LogP contribution in [0.2, 0.25) is 5.02 Å². The minimum atomic E-state index is 0.322. The van der Waals surface area contributed by atoms with E-state index in [2.05, 4.69) is 76.8 Å². The number of piperazine rings is 1. The van der Waals surface area contributed by atoms with Crippen molar-refractivity contribution >= 4 is 40.0 Å². The van der Waals surface area contributed by atoms with Crippen LogP contribution in [0.1, 0.15) is 18.4 Å². The second kappa shape index (κ2) is 14.2. The average Bonchev–Trinajstić information content (AvgIpc) is 3.74. The largest absolute Gasteiger partial charge is 0.497 e. The molecule has 0 bridgehead atoms. The van der Waals surface area contributed by atoms with Gasteiger partial charge in [0, 0.05) is 89.3 Å². The molecule has 3 N–H and O–H groups in total. The van der Waals surface area contributed by atoms with Gasteiger partial charge in [0.2, 0.25) is 0 Å². The molecule has 0 saturated carbocycles. The fraction of sp³-hybridized carbons (Fsp3) is 0.400. The molecule has 12 heteroatoms. The average molecular weight is 655 g/mol. The van der Waals surface area contributed by atoms with Crippen LogP contribution in [-0.4, -0.2) is 100 Å². The Bertz CT molecular complexity index is 1750. The van der Waals surface area contributed by atoms with Crippen molar-refractivity contribution in [2.24, 2.45) is 7.05 Å². The number of hydrogen-bond donors (Lipinski definition) is 3. The maximum absolute atomic E-state index is 6.70. The van der Waals surface area contributed by atoms with Crippen molar-refractivity contribution < 1.29 is 4.74 Å². The number of imidazole rings is 1. The van der Waals surface area contributed by atoms with Gasteiger partial charge in [-0.15, -0.1) is 0 Å². The Morgan fingerprint density at radius 1 is 0.936 bits per heavy atom. The van der Waals surface area contributed by atoms with Gasteiger partial charge in [-0.2, -0.15) is 5.10 Å². The van der Waals surface area contributed by atoms with E-state index in [1.807, 2.05) is 36.1 Å². The summed E-state index contributed by atoms with van der Waals surface area (Å²) in [6, 6.07) is 19.4. The van der Waals surface area contributed by atoms with Crippen molar-refractivity contribution in [1.29, 1.82) is 0 Å². The number of methoxy groups -OCH3 is 1. The van der Waals surface area contributed by atoms with Crippen LogP contribution >= 0.6 is 11.6 Å². The van der Waals surface area contributed by atoms with Crippen molar-refractivity contribution in [3.05, 3.63) is 77.6 Å². The van der Waals surface area contributed by atoms with Crippen molar-refractivity contribution in [2.75, 3.05) is 75.0 Å². The number of likely N-dealkylation sites (tertiary alicyclic amines) is 1. The highest BCUT2D eigenvalue weighted by Crippen LogP contribution is 2.33. The smallest absolute Gasteiger partial charge is 0.159 e. The molecule has 5 heterocycles. The maximum Gasteiger partial charge on any atom is 0.159 e. The lowest BCUT2D eigenvalue weighted by Crippen LogP contribution is -2.47. The van der Waals surface area contributed by atoms with E-state index in [-0.39, 0.29) is 0 Å². The molecule has 5 aromatic rings. The maximum atomic E-state index is 6.70. The summed E-state index contributed by atoms with van der Waals surface area (Å²) in [6.45, 7) is 9.01. The molecule has 2 saturated heterocycles. The molecule has 246 valence electrons. The first-order valence-corrected chi connectivity index (χ1v) is 16.9. The van der Waals surface area contributed by atoms with Gasteiger partial charge in [0.25, 0.3) is 0 Å². The van der Waals surface area contributed by atoms with Gasteiger partial charge < -0.3 is 25.3 Å². The summed E-state index contributed by atoms with van der Waals surface area (Å²) in [5.41, 5.74) is 5.95. The van der Waals surface area contributed by atoms with Gasteiger partial charge in [-0.3, -0.25) is 14.5 Å². The van der Waals surface area contributed by atoms with Gasteiger partial charge in [0.15, 0.2) is 5.65 Å². The summed E-state index contributed by atoms with van der Waals surface area (Å²) < 4.78 is 7.16. The lowest BCUT2D eigenvalue weighted by Gasteiger charge is -2.36. The van der Waals surface area contributed by atoms with Gasteiger partial charge in [-0.05, 0) is 54.8 Å². The molecule has 0 spiro atoms. The third-order valence-corrected chi connectivity index (χ3v) is 9.69. The lowest BCUT2D eigenvalue weighted by atomic mass is 10.0. The first-order chi connectivity index (χ1) is 23.0. The molecular weight excluding hydrogens is 612 g/mol. The quantitative estimate of drug-likeness (QED) is 0.174. The normalized spacial score (nSPS) is 16.5. The fourth-order valence-electron chi connectivity index (χ4n) is 6.58. The molecule has 2 aliphatic rings. The van der Waals surface area contributed by atoms with Crippen molar-refractivity contribution in [1.82, 2.24) is 34.5 Å². The first-order valence-electron chi connectivity index (χ1n) is 16.5. The number of halogens is 1. The number of benzene rings is 2. The molecule has 0 radical (unpaired) electrons. The number of anilines is 3. The summed E-state index contributed by atoms with van der Waals surface area (Å²) in [5, 5.41) is 12.0. The van der Waals surface area contributed by atoms with E-state index in [0.717, 1.165) is 112 Å². The number of aryl methyl sites for hydroxylation is 1. The number of H-pyrrole nitrogens is 1. The van der Waals surface area contributed by atoms with Crippen LogP contribution in [0.25, 0.3) is 22.6 Å². The summed E-state index contributed by atoms with van der Waals surface area (Å²) in [5.74, 6) is 2.74. The van der Waals surface area contributed by atoms with E-state index >= 15 is 0 Å². The fourth-order valence-corrected chi connectivity index (χ4v) is 6.78.